The van der Waals surface area contributed by atoms with Crippen LogP contribution in [0, 0.1) is 5.92 Å². The largest absolute Gasteiger partial charge is 0.304 e. The number of nitrogens with two attached hydrogens (primary N) is 3. The fraction of sp³-hybridized carbons (Fsp3) is 1.00. The first-order valence-corrected chi connectivity index (χ1v) is 5.94. The van der Waals surface area contributed by atoms with Crippen molar-refractivity contribution in [3.8, 4) is 0 Å². The van der Waals surface area contributed by atoms with Crippen LogP contribution < -0.4 is 27.8 Å². The second kappa shape index (κ2) is 7.14. The summed E-state index contributed by atoms with van der Waals surface area (Å²) >= 11 is 0. The first-order valence-electron chi connectivity index (χ1n) is 5.94. The number of nitrogens with one attached hydrogen (secondary N) is 2. The Bertz CT molecular complexity index is 156. The lowest BCUT2D eigenvalue weighted by Gasteiger charge is -2.23. The molecule has 8 N–H and O–H groups in total. The molecule has 5 nitrogen and oxygen atoms in total. The molecule has 1 fully saturated rings. The lowest BCUT2D eigenvalue weighted by molar-refractivity contribution is 0.314. The fourth-order valence-electron chi connectivity index (χ4n) is 2.19. The van der Waals surface area contributed by atoms with E-state index in [0.29, 0.717) is 0 Å². The fourth-order valence-corrected chi connectivity index (χ4v) is 2.19. The van der Waals surface area contributed by atoms with Gasteiger partial charge in [0.15, 0.2) is 0 Å². The highest BCUT2D eigenvalue weighted by molar-refractivity contribution is 4.68. The van der Waals surface area contributed by atoms with Crippen molar-refractivity contribution in [1.29, 1.82) is 0 Å². The highest BCUT2D eigenvalue weighted by atomic mass is 15.3. The summed E-state index contributed by atoms with van der Waals surface area (Å²) in [7, 11) is 0. The molecule has 0 spiro atoms. The predicted molar refractivity (Wildman–Crippen MR) is 62.5 cm³/mol. The van der Waals surface area contributed by atoms with Gasteiger partial charge in [-0.25, -0.2) is 0 Å². The molecule has 0 bridgehead atoms. The molecule has 0 heterocycles. The van der Waals surface area contributed by atoms with Crippen LogP contribution >= 0.6 is 0 Å². The third kappa shape index (κ3) is 6.06. The zero-order chi connectivity index (χ0) is 11.1. The summed E-state index contributed by atoms with van der Waals surface area (Å²) in [5.41, 5.74) is 16.4. The van der Waals surface area contributed by atoms with Crippen LogP contribution in [-0.4, -0.2) is 19.1 Å². The van der Waals surface area contributed by atoms with Gasteiger partial charge in [0.1, 0.15) is 12.6 Å². The van der Waals surface area contributed by atoms with Gasteiger partial charge in [-0.15, -0.1) is 0 Å². The standard InChI is InChI=1S/C10H25N5/c11-9(12)15-10(13)14-7-6-8-4-2-1-3-5-8/h8-10,14-15H,1-7,11-13H2. The van der Waals surface area contributed by atoms with Crippen LogP contribution in [0.25, 0.3) is 0 Å². The summed E-state index contributed by atoms with van der Waals surface area (Å²) in [6, 6.07) is 0. The maximum absolute atomic E-state index is 5.71. The predicted octanol–water partition coefficient (Wildman–Crippen LogP) is -0.421. The number of rotatable bonds is 6. The van der Waals surface area contributed by atoms with E-state index in [-0.39, 0.29) is 6.29 Å². The summed E-state index contributed by atoms with van der Waals surface area (Å²) in [5.74, 6) is 0.880. The first-order chi connectivity index (χ1) is 7.18. The summed E-state index contributed by atoms with van der Waals surface area (Å²) < 4.78 is 0. The van der Waals surface area contributed by atoms with E-state index < -0.39 is 6.29 Å². The van der Waals surface area contributed by atoms with Crippen LogP contribution in [0.4, 0.5) is 0 Å². The van der Waals surface area contributed by atoms with E-state index in [1.54, 1.807) is 0 Å². The zero-order valence-corrected chi connectivity index (χ0v) is 9.41. The Morgan fingerprint density at radius 2 is 1.73 bits per heavy atom. The molecule has 15 heavy (non-hydrogen) atoms. The minimum absolute atomic E-state index is 0.298. The molecule has 0 aromatic heterocycles. The van der Waals surface area contributed by atoms with Crippen molar-refractivity contribution in [3.05, 3.63) is 0 Å². The normalized spacial score (nSPS) is 20.8. The van der Waals surface area contributed by atoms with Crippen LogP contribution in [0.3, 0.4) is 0 Å². The minimum atomic E-state index is -0.554. The first kappa shape index (κ1) is 12.9. The van der Waals surface area contributed by atoms with Crippen molar-refractivity contribution < 1.29 is 0 Å². The Morgan fingerprint density at radius 1 is 1.07 bits per heavy atom. The van der Waals surface area contributed by atoms with Crippen molar-refractivity contribution in [2.45, 2.75) is 51.1 Å². The smallest absolute Gasteiger partial charge is 0.111 e. The van der Waals surface area contributed by atoms with Crippen molar-refractivity contribution in [2.75, 3.05) is 6.54 Å². The van der Waals surface area contributed by atoms with E-state index >= 15 is 0 Å². The molecule has 5 heteroatoms. The molecule has 0 aromatic carbocycles. The molecule has 1 rings (SSSR count). The van der Waals surface area contributed by atoms with Gasteiger partial charge < -0.3 is 17.2 Å². The van der Waals surface area contributed by atoms with E-state index in [4.69, 9.17) is 17.2 Å². The van der Waals surface area contributed by atoms with E-state index in [0.717, 1.165) is 12.5 Å². The van der Waals surface area contributed by atoms with Crippen molar-refractivity contribution >= 4 is 0 Å². The molecule has 1 aliphatic rings. The average Bonchev–Trinajstić information content (AvgIpc) is 2.18. The Morgan fingerprint density at radius 3 is 2.33 bits per heavy atom. The Kier molecular flexibility index (Phi) is 6.12. The van der Waals surface area contributed by atoms with Crippen LogP contribution in [0.1, 0.15) is 38.5 Å². The Hall–Kier alpha value is -0.200. The summed E-state index contributed by atoms with van der Waals surface area (Å²) in [4.78, 5) is 0. The monoisotopic (exact) mass is 215 g/mol. The van der Waals surface area contributed by atoms with Crippen LogP contribution in [0.15, 0.2) is 0 Å². The lowest BCUT2D eigenvalue weighted by Crippen LogP contribution is -2.59. The van der Waals surface area contributed by atoms with Gasteiger partial charge in [0.05, 0.1) is 0 Å². The van der Waals surface area contributed by atoms with Crippen molar-refractivity contribution in [3.63, 3.8) is 0 Å². The topological polar surface area (TPSA) is 102 Å². The van der Waals surface area contributed by atoms with Crippen LogP contribution in [-0.2, 0) is 0 Å². The number of hydrogen-bond donors (Lipinski definition) is 5. The Balaban J connectivity index is 1.99. The van der Waals surface area contributed by atoms with Crippen LogP contribution in [0.5, 0.6) is 0 Å². The van der Waals surface area contributed by atoms with Gasteiger partial charge in [0, 0.05) is 0 Å². The zero-order valence-electron chi connectivity index (χ0n) is 9.41. The molecule has 1 unspecified atom stereocenters. The summed E-state index contributed by atoms with van der Waals surface area (Å²) in [6.07, 6.45) is 7.30. The average molecular weight is 215 g/mol. The third-order valence-corrected chi connectivity index (χ3v) is 3.01. The minimum Gasteiger partial charge on any atom is -0.304 e. The van der Waals surface area contributed by atoms with Crippen molar-refractivity contribution in [1.82, 2.24) is 10.6 Å². The molecular weight excluding hydrogens is 190 g/mol. The molecular formula is C10H25N5. The van der Waals surface area contributed by atoms with E-state index in [1.807, 2.05) is 0 Å². The molecule has 0 aromatic rings. The molecule has 0 amide bonds. The molecule has 0 radical (unpaired) electrons. The molecule has 1 atom stereocenters. The lowest BCUT2D eigenvalue weighted by atomic mass is 9.87. The van der Waals surface area contributed by atoms with Gasteiger partial charge in [-0.05, 0) is 18.9 Å². The third-order valence-electron chi connectivity index (χ3n) is 3.01. The molecule has 0 saturated heterocycles. The Labute approximate surface area is 92.1 Å². The van der Waals surface area contributed by atoms with Crippen molar-refractivity contribution in [2.24, 2.45) is 23.1 Å². The highest BCUT2D eigenvalue weighted by Crippen LogP contribution is 2.25. The van der Waals surface area contributed by atoms with Gasteiger partial charge >= 0.3 is 0 Å². The van der Waals surface area contributed by atoms with Gasteiger partial charge in [-0.3, -0.25) is 10.6 Å². The van der Waals surface area contributed by atoms with Gasteiger partial charge in [-0.1, -0.05) is 32.1 Å². The second-order valence-electron chi connectivity index (χ2n) is 4.42. The summed E-state index contributed by atoms with van der Waals surface area (Å²) in [5, 5.41) is 5.97. The van der Waals surface area contributed by atoms with Gasteiger partial charge in [-0.2, -0.15) is 0 Å². The maximum atomic E-state index is 5.71. The number of hydrogen-bond acceptors (Lipinski definition) is 5. The van der Waals surface area contributed by atoms with Gasteiger partial charge in [0.25, 0.3) is 0 Å². The highest BCUT2D eigenvalue weighted by Gasteiger charge is 2.13. The maximum Gasteiger partial charge on any atom is 0.111 e. The van der Waals surface area contributed by atoms with E-state index in [2.05, 4.69) is 10.6 Å². The molecule has 0 aliphatic heterocycles. The van der Waals surface area contributed by atoms with E-state index in [9.17, 15) is 0 Å². The quantitative estimate of drug-likeness (QED) is 0.387. The molecule has 1 aliphatic carbocycles. The summed E-state index contributed by atoms with van der Waals surface area (Å²) in [6.45, 7) is 0.936. The van der Waals surface area contributed by atoms with Gasteiger partial charge in [0.2, 0.25) is 0 Å². The van der Waals surface area contributed by atoms with Crippen LogP contribution in [0.2, 0.25) is 0 Å². The molecule has 90 valence electrons. The van der Waals surface area contributed by atoms with E-state index in [1.165, 1.54) is 38.5 Å². The molecule has 1 saturated carbocycles. The second-order valence-corrected chi connectivity index (χ2v) is 4.42. The SMILES string of the molecule is NC(N)NC(N)NCCC1CCCCC1.